The molecule has 1 saturated carbocycles. The van der Waals surface area contributed by atoms with Gasteiger partial charge in [0.05, 0.1) is 6.61 Å². The highest BCUT2D eigenvalue weighted by molar-refractivity contribution is 5.76. The highest BCUT2D eigenvalue weighted by Gasteiger charge is 2.20. The summed E-state index contributed by atoms with van der Waals surface area (Å²) in [4.78, 5) is 11.4. The van der Waals surface area contributed by atoms with E-state index in [1.54, 1.807) is 0 Å². The fraction of sp³-hybridized carbons (Fsp3) is 0.923. The third kappa shape index (κ3) is 9.12. The first-order chi connectivity index (χ1) is 7.97. The van der Waals surface area contributed by atoms with E-state index in [2.05, 4.69) is 31.4 Å². The molecule has 1 fully saturated rings. The minimum Gasteiger partial charge on any atom is -0.379 e. The average Bonchev–Trinajstić information content (AvgIpc) is 2.99. The first-order valence-electron chi connectivity index (χ1n) is 6.57. The van der Waals surface area contributed by atoms with Gasteiger partial charge in [-0.15, -0.1) is 0 Å². The molecule has 1 amide bonds. The van der Waals surface area contributed by atoms with Crippen LogP contribution in [0.15, 0.2) is 0 Å². The minimum absolute atomic E-state index is 0.0770. The molecule has 0 aromatic heterocycles. The molecule has 0 aliphatic heterocycles. The Morgan fingerprint density at radius 3 is 2.59 bits per heavy atom. The Labute approximate surface area is 104 Å². The summed E-state index contributed by atoms with van der Waals surface area (Å²) >= 11 is 0. The number of carbonyl (C=O) groups is 1. The van der Waals surface area contributed by atoms with Crippen molar-refractivity contribution < 1.29 is 9.53 Å². The topological polar surface area (TPSA) is 50.4 Å². The number of ether oxygens (including phenoxy) is 1. The molecule has 0 atom stereocenters. The van der Waals surface area contributed by atoms with Crippen molar-refractivity contribution in [1.29, 1.82) is 0 Å². The largest absolute Gasteiger partial charge is 0.379 e. The summed E-state index contributed by atoms with van der Waals surface area (Å²) in [6.45, 7) is 9.12. The van der Waals surface area contributed by atoms with Crippen LogP contribution < -0.4 is 10.6 Å². The maximum atomic E-state index is 11.4. The van der Waals surface area contributed by atoms with Crippen LogP contribution in [-0.4, -0.2) is 37.7 Å². The van der Waals surface area contributed by atoms with Gasteiger partial charge in [-0.3, -0.25) is 4.79 Å². The van der Waals surface area contributed by atoms with Crippen molar-refractivity contribution in [3.8, 4) is 0 Å². The molecule has 0 spiro atoms. The van der Waals surface area contributed by atoms with Crippen molar-refractivity contribution in [2.75, 3.05) is 26.3 Å². The number of hydrogen-bond acceptors (Lipinski definition) is 3. The lowest BCUT2D eigenvalue weighted by Gasteiger charge is -2.20. The number of hydrogen-bond donors (Lipinski definition) is 2. The standard InChI is InChI=1S/C13H26N2O2/c1-13(2,3)15-7-6-12(16)14-8-9-17-10-11-4-5-11/h11,15H,4-10H2,1-3H3,(H,14,16). The normalized spacial score (nSPS) is 15.9. The van der Waals surface area contributed by atoms with Crippen LogP contribution in [-0.2, 0) is 9.53 Å². The van der Waals surface area contributed by atoms with Gasteiger partial charge in [0.2, 0.25) is 5.91 Å². The van der Waals surface area contributed by atoms with Gasteiger partial charge < -0.3 is 15.4 Å². The Balaban J connectivity index is 1.86. The van der Waals surface area contributed by atoms with Crippen molar-refractivity contribution in [2.24, 2.45) is 5.92 Å². The molecule has 0 radical (unpaired) electrons. The lowest BCUT2D eigenvalue weighted by atomic mass is 10.1. The summed E-state index contributed by atoms with van der Waals surface area (Å²) in [7, 11) is 0. The van der Waals surface area contributed by atoms with Gasteiger partial charge in [-0.05, 0) is 39.5 Å². The molecular weight excluding hydrogens is 216 g/mol. The van der Waals surface area contributed by atoms with Gasteiger partial charge in [-0.25, -0.2) is 0 Å². The van der Waals surface area contributed by atoms with Crippen LogP contribution in [0.4, 0.5) is 0 Å². The van der Waals surface area contributed by atoms with E-state index in [1.165, 1.54) is 12.8 Å². The summed E-state index contributed by atoms with van der Waals surface area (Å²) < 4.78 is 5.44. The molecule has 1 aliphatic rings. The van der Waals surface area contributed by atoms with Crippen LogP contribution in [0.2, 0.25) is 0 Å². The van der Waals surface area contributed by atoms with Crippen LogP contribution in [0.25, 0.3) is 0 Å². The molecule has 0 unspecified atom stereocenters. The van der Waals surface area contributed by atoms with Crippen LogP contribution in [0.3, 0.4) is 0 Å². The maximum absolute atomic E-state index is 11.4. The Kier molecular flexibility index (Phi) is 5.92. The smallest absolute Gasteiger partial charge is 0.221 e. The van der Waals surface area contributed by atoms with E-state index in [0.29, 0.717) is 19.6 Å². The molecule has 0 bridgehead atoms. The molecule has 17 heavy (non-hydrogen) atoms. The minimum atomic E-state index is 0.0770. The predicted octanol–water partition coefficient (Wildman–Crippen LogP) is 1.31. The second kappa shape index (κ2) is 6.97. The van der Waals surface area contributed by atoms with Gasteiger partial charge in [0.25, 0.3) is 0 Å². The van der Waals surface area contributed by atoms with E-state index in [0.717, 1.165) is 19.1 Å². The quantitative estimate of drug-likeness (QED) is 0.631. The molecule has 100 valence electrons. The third-order valence-electron chi connectivity index (χ3n) is 2.63. The summed E-state index contributed by atoms with van der Waals surface area (Å²) in [6.07, 6.45) is 3.15. The zero-order chi connectivity index (χ0) is 12.7. The number of rotatable bonds is 8. The van der Waals surface area contributed by atoms with Gasteiger partial charge in [0.1, 0.15) is 0 Å². The zero-order valence-electron chi connectivity index (χ0n) is 11.3. The average molecular weight is 242 g/mol. The molecule has 4 heteroatoms. The monoisotopic (exact) mass is 242 g/mol. The van der Waals surface area contributed by atoms with Gasteiger partial charge in [0.15, 0.2) is 0 Å². The van der Waals surface area contributed by atoms with E-state index >= 15 is 0 Å². The fourth-order valence-electron chi connectivity index (χ4n) is 1.44. The van der Waals surface area contributed by atoms with Crippen LogP contribution >= 0.6 is 0 Å². The van der Waals surface area contributed by atoms with E-state index in [9.17, 15) is 4.79 Å². The zero-order valence-corrected chi connectivity index (χ0v) is 11.3. The second-order valence-corrected chi connectivity index (χ2v) is 5.80. The lowest BCUT2D eigenvalue weighted by Crippen LogP contribution is -2.38. The summed E-state index contributed by atoms with van der Waals surface area (Å²) in [5, 5.41) is 6.14. The van der Waals surface area contributed by atoms with Crippen molar-refractivity contribution in [3.63, 3.8) is 0 Å². The molecule has 1 aliphatic carbocycles. The Hall–Kier alpha value is -0.610. The van der Waals surface area contributed by atoms with Crippen molar-refractivity contribution in [2.45, 2.75) is 45.6 Å². The molecule has 0 heterocycles. The highest BCUT2D eigenvalue weighted by atomic mass is 16.5. The van der Waals surface area contributed by atoms with Gasteiger partial charge in [0, 0.05) is 31.7 Å². The molecule has 0 aromatic carbocycles. The summed E-state index contributed by atoms with van der Waals surface area (Å²) in [5.41, 5.74) is 0.0770. The lowest BCUT2D eigenvalue weighted by molar-refractivity contribution is -0.121. The first kappa shape index (κ1) is 14.5. The number of amides is 1. The Bertz CT molecular complexity index is 232. The van der Waals surface area contributed by atoms with Crippen LogP contribution in [0.5, 0.6) is 0 Å². The first-order valence-corrected chi connectivity index (χ1v) is 6.57. The molecule has 2 N–H and O–H groups in total. The molecule has 0 saturated heterocycles. The highest BCUT2D eigenvalue weighted by Crippen LogP contribution is 2.28. The van der Waals surface area contributed by atoms with E-state index in [1.807, 2.05) is 0 Å². The van der Waals surface area contributed by atoms with Crippen molar-refractivity contribution in [3.05, 3.63) is 0 Å². The summed E-state index contributed by atoms with van der Waals surface area (Å²) in [6, 6.07) is 0. The maximum Gasteiger partial charge on any atom is 0.221 e. The number of carbonyl (C=O) groups excluding carboxylic acids is 1. The van der Waals surface area contributed by atoms with Crippen molar-refractivity contribution >= 4 is 5.91 Å². The van der Waals surface area contributed by atoms with E-state index < -0.39 is 0 Å². The van der Waals surface area contributed by atoms with Crippen molar-refractivity contribution in [1.82, 2.24) is 10.6 Å². The van der Waals surface area contributed by atoms with Gasteiger partial charge in [-0.2, -0.15) is 0 Å². The van der Waals surface area contributed by atoms with Crippen LogP contribution in [0, 0.1) is 5.92 Å². The number of nitrogens with one attached hydrogen (secondary N) is 2. The van der Waals surface area contributed by atoms with Gasteiger partial charge in [-0.1, -0.05) is 0 Å². The van der Waals surface area contributed by atoms with E-state index in [-0.39, 0.29) is 11.4 Å². The molecule has 4 nitrogen and oxygen atoms in total. The Morgan fingerprint density at radius 2 is 2.00 bits per heavy atom. The Morgan fingerprint density at radius 1 is 1.29 bits per heavy atom. The molecule has 0 aromatic rings. The predicted molar refractivity (Wildman–Crippen MR) is 68.9 cm³/mol. The van der Waals surface area contributed by atoms with E-state index in [4.69, 9.17) is 4.74 Å². The SMILES string of the molecule is CC(C)(C)NCCC(=O)NCCOCC1CC1. The summed E-state index contributed by atoms with van der Waals surface area (Å²) in [5.74, 6) is 0.887. The molecular formula is C13H26N2O2. The molecule has 1 rings (SSSR count). The fourth-order valence-corrected chi connectivity index (χ4v) is 1.44. The second-order valence-electron chi connectivity index (χ2n) is 5.80. The van der Waals surface area contributed by atoms with Gasteiger partial charge >= 0.3 is 0 Å². The third-order valence-corrected chi connectivity index (χ3v) is 2.63. The van der Waals surface area contributed by atoms with Crippen LogP contribution in [0.1, 0.15) is 40.0 Å².